The summed E-state index contributed by atoms with van der Waals surface area (Å²) in [7, 11) is 0. The quantitative estimate of drug-likeness (QED) is 0.860. The molecule has 2 aromatic rings. The van der Waals surface area contributed by atoms with E-state index in [-0.39, 0.29) is 0 Å². The fraction of sp³-hybridized carbons (Fsp3) is 0.529. The summed E-state index contributed by atoms with van der Waals surface area (Å²) in [5, 5.41) is 0. The molecule has 0 saturated carbocycles. The van der Waals surface area contributed by atoms with Gasteiger partial charge >= 0.3 is 0 Å². The number of fused-ring (bicyclic) bond motifs is 1. The van der Waals surface area contributed by atoms with Crippen LogP contribution in [0.4, 0.5) is 5.82 Å². The first kappa shape index (κ1) is 14.4. The van der Waals surface area contributed by atoms with Crippen molar-refractivity contribution in [1.29, 1.82) is 0 Å². The van der Waals surface area contributed by atoms with Crippen molar-refractivity contribution in [2.24, 2.45) is 5.92 Å². The maximum atomic E-state index is 5.76. The Morgan fingerprint density at radius 2 is 2.22 bits per heavy atom. The zero-order valence-electron chi connectivity index (χ0n) is 13.4. The lowest BCUT2D eigenvalue weighted by Crippen LogP contribution is -2.24. The second-order valence-electron chi connectivity index (χ2n) is 6.33. The van der Waals surface area contributed by atoms with Gasteiger partial charge < -0.3 is 9.64 Å². The van der Waals surface area contributed by atoms with Crippen LogP contribution < -0.4 is 9.64 Å². The Morgan fingerprint density at radius 3 is 3.09 bits per heavy atom. The summed E-state index contributed by atoms with van der Waals surface area (Å²) in [4.78, 5) is 19.9. The van der Waals surface area contributed by atoms with Gasteiger partial charge in [-0.3, -0.25) is 4.98 Å². The first-order chi connectivity index (χ1) is 11.3. The van der Waals surface area contributed by atoms with Crippen molar-refractivity contribution < 1.29 is 4.74 Å². The lowest BCUT2D eigenvalue weighted by atomic mass is 10.1. The summed E-state index contributed by atoms with van der Waals surface area (Å²) in [5.74, 6) is 3.15. The van der Waals surface area contributed by atoms with Gasteiger partial charge in [0, 0.05) is 42.7 Å². The minimum Gasteiger partial charge on any atom is -0.476 e. The van der Waals surface area contributed by atoms with E-state index in [1.807, 2.05) is 6.92 Å². The van der Waals surface area contributed by atoms with Gasteiger partial charge in [0.05, 0.1) is 12.8 Å². The van der Waals surface area contributed by atoms with Crippen LogP contribution in [0.25, 0.3) is 0 Å². The Labute approximate surface area is 136 Å². The van der Waals surface area contributed by atoms with Gasteiger partial charge in [0.1, 0.15) is 11.6 Å². The van der Waals surface area contributed by atoms with Crippen LogP contribution in [-0.2, 0) is 12.8 Å². The van der Waals surface area contributed by atoms with Crippen molar-refractivity contribution in [3.8, 4) is 5.88 Å². The summed E-state index contributed by atoms with van der Waals surface area (Å²) in [6, 6.07) is 0. The molecule has 6 heteroatoms. The molecule has 0 amide bonds. The van der Waals surface area contributed by atoms with E-state index in [1.165, 1.54) is 17.7 Å². The van der Waals surface area contributed by atoms with Crippen LogP contribution in [0.15, 0.2) is 18.6 Å². The Morgan fingerprint density at radius 1 is 1.26 bits per heavy atom. The zero-order valence-corrected chi connectivity index (χ0v) is 13.4. The van der Waals surface area contributed by atoms with E-state index in [0.29, 0.717) is 18.4 Å². The number of ether oxygens (including phenoxy) is 1. The molecule has 1 fully saturated rings. The highest BCUT2D eigenvalue weighted by Gasteiger charge is 2.28. The van der Waals surface area contributed by atoms with Gasteiger partial charge in [-0.2, -0.15) is 0 Å². The monoisotopic (exact) mass is 311 g/mol. The van der Waals surface area contributed by atoms with Gasteiger partial charge in [-0.1, -0.05) is 0 Å². The predicted molar refractivity (Wildman–Crippen MR) is 86.6 cm³/mol. The largest absolute Gasteiger partial charge is 0.476 e. The van der Waals surface area contributed by atoms with Gasteiger partial charge in [-0.15, -0.1) is 0 Å². The lowest BCUT2D eigenvalue weighted by molar-refractivity contribution is 0.251. The molecule has 23 heavy (non-hydrogen) atoms. The van der Waals surface area contributed by atoms with E-state index in [2.05, 4.69) is 19.9 Å². The molecule has 120 valence electrons. The molecule has 2 aromatic heterocycles. The highest BCUT2D eigenvalue weighted by Crippen LogP contribution is 2.32. The van der Waals surface area contributed by atoms with Gasteiger partial charge in [0.25, 0.3) is 0 Å². The van der Waals surface area contributed by atoms with E-state index in [1.54, 1.807) is 18.6 Å². The molecule has 1 aliphatic carbocycles. The number of aryl methyl sites for hydroxylation is 2. The second kappa shape index (κ2) is 6.10. The van der Waals surface area contributed by atoms with Crippen LogP contribution in [0.2, 0.25) is 0 Å². The molecule has 6 nitrogen and oxygen atoms in total. The molecule has 1 atom stereocenters. The molecule has 3 heterocycles. The molecule has 2 aliphatic rings. The van der Waals surface area contributed by atoms with E-state index in [0.717, 1.165) is 44.0 Å². The van der Waals surface area contributed by atoms with Crippen molar-refractivity contribution in [2.45, 2.75) is 32.6 Å². The predicted octanol–water partition coefficient (Wildman–Crippen LogP) is 1.97. The summed E-state index contributed by atoms with van der Waals surface area (Å²) in [6.45, 7) is 4.70. The molecule has 1 saturated heterocycles. The van der Waals surface area contributed by atoms with Crippen molar-refractivity contribution in [3.05, 3.63) is 35.7 Å². The summed E-state index contributed by atoms with van der Waals surface area (Å²) < 4.78 is 5.76. The average Bonchev–Trinajstić information content (AvgIpc) is 3.22. The fourth-order valence-electron chi connectivity index (χ4n) is 3.52. The van der Waals surface area contributed by atoms with E-state index in [4.69, 9.17) is 9.72 Å². The van der Waals surface area contributed by atoms with E-state index >= 15 is 0 Å². The zero-order chi connectivity index (χ0) is 15.6. The summed E-state index contributed by atoms with van der Waals surface area (Å²) >= 11 is 0. The average molecular weight is 311 g/mol. The van der Waals surface area contributed by atoms with Crippen molar-refractivity contribution in [3.63, 3.8) is 0 Å². The number of hydrogen-bond acceptors (Lipinski definition) is 6. The fourth-order valence-corrected chi connectivity index (χ4v) is 3.52. The van der Waals surface area contributed by atoms with Gasteiger partial charge in [-0.25, -0.2) is 15.0 Å². The number of hydrogen-bond donors (Lipinski definition) is 0. The van der Waals surface area contributed by atoms with Gasteiger partial charge in [0.15, 0.2) is 0 Å². The topological polar surface area (TPSA) is 64.0 Å². The van der Waals surface area contributed by atoms with Crippen LogP contribution in [0.3, 0.4) is 0 Å². The van der Waals surface area contributed by atoms with Crippen LogP contribution >= 0.6 is 0 Å². The molecule has 0 aromatic carbocycles. The Kier molecular flexibility index (Phi) is 3.81. The van der Waals surface area contributed by atoms with Gasteiger partial charge in [-0.05, 0) is 32.6 Å². The molecule has 4 rings (SSSR count). The maximum Gasteiger partial charge on any atom is 0.232 e. The normalized spacial score (nSPS) is 19.9. The lowest BCUT2D eigenvalue weighted by Gasteiger charge is -2.21. The minimum absolute atomic E-state index is 0.504. The standard InChI is InChI=1S/C17H21N5O/c1-12-20-15-4-2-3-14(15)17(21-12)22-8-5-13(10-22)11-23-16-9-18-6-7-19-16/h6-7,9,13H,2-5,8,10-11H2,1H3. The van der Waals surface area contributed by atoms with Crippen molar-refractivity contribution in [2.75, 3.05) is 24.6 Å². The molecule has 0 bridgehead atoms. The minimum atomic E-state index is 0.504. The van der Waals surface area contributed by atoms with Crippen LogP contribution in [-0.4, -0.2) is 39.6 Å². The highest BCUT2D eigenvalue weighted by molar-refractivity contribution is 5.52. The molecule has 1 aliphatic heterocycles. The molecule has 0 radical (unpaired) electrons. The number of aromatic nitrogens is 4. The SMILES string of the molecule is Cc1nc2c(c(N3CCC(COc4cnccn4)C3)n1)CCC2. The summed E-state index contributed by atoms with van der Waals surface area (Å²) in [6.07, 6.45) is 9.51. The number of rotatable bonds is 4. The van der Waals surface area contributed by atoms with Gasteiger partial charge in [0.2, 0.25) is 5.88 Å². The highest BCUT2D eigenvalue weighted by atomic mass is 16.5. The van der Waals surface area contributed by atoms with Crippen LogP contribution in [0.1, 0.15) is 29.9 Å². The van der Waals surface area contributed by atoms with E-state index < -0.39 is 0 Å². The first-order valence-corrected chi connectivity index (χ1v) is 8.30. The molecule has 0 N–H and O–H groups in total. The molecular formula is C17H21N5O. The maximum absolute atomic E-state index is 5.76. The third-order valence-corrected chi connectivity index (χ3v) is 4.61. The van der Waals surface area contributed by atoms with Crippen molar-refractivity contribution >= 4 is 5.82 Å². The molecule has 1 unspecified atom stereocenters. The first-order valence-electron chi connectivity index (χ1n) is 8.30. The number of anilines is 1. The van der Waals surface area contributed by atoms with Crippen LogP contribution in [0.5, 0.6) is 5.88 Å². The molecule has 0 spiro atoms. The van der Waals surface area contributed by atoms with Crippen molar-refractivity contribution in [1.82, 2.24) is 19.9 Å². The number of nitrogens with zero attached hydrogens (tertiary/aromatic N) is 5. The van der Waals surface area contributed by atoms with Crippen LogP contribution in [0, 0.1) is 12.8 Å². The van der Waals surface area contributed by atoms with E-state index in [9.17, 15) is 0 Å². The summed E-state index contributed by atoms with van der Waals surface area (Å²) in [5.41, 5.74) is 2.62. The third-order valence-electron chi connectivity index (χ3n) is 4.61. The molecular weight excluding hydrogens is 290 g/mol. The Bertz CT molecular complexity index is 691. The third kappa shape index (κ3) is 2.98. The Hall–Kier alpha value is -2.24. The second-order valence-corrected chi connectivity index (χ2v) is 6.33. The Balaban J connectivity index is 1.43. The smallest absolute Gasteiger partial charge is 0.232 e.